The van der Waals surface area contributed by atoms with Gasteiger partial charge in [0.15, 0.2) is 5.82 Å². The van der Waals surface area contributed by atoms with Crippen molar-refractivity contribution in [2.75, 3.05) is 10.5 Å². The predicted octanol–water partition coefficient (Wildman–Crippen LogP) is 4.24. The summed E-state index contributed by atoms with van der Waals surface area (Å²) in [6.45, 7) is 5.51. The Morgan fingerprint density at radius 2 is 2.03 bits per heavy atom. The molecule has 0 saturated heterocycles. The maximum atomic E-state index is 11.8. The molecular formula is C22H25N5O3S. The minimum atomic E-state index is -3.44. The summed E-state index contributed by atoms with van der Waals surface area (Å²) in [6.07, 6.45) is 3.24. The minimum Gasteiger partial charge on any atom is -0.491 e. The first kappa shape index (κ1) is 21.1. The molecule has 2 aromatic heterocycles. The van der Waals surface area contributed by atoms with Crippen molar-refractivity contribution in [2.45, 2.75) is 52.2 Å². The van der Waals surface area contributed by atoms with Gasteiger partial charge in [-0.3, -0.25) is 4.72 Å². The highest BCUT2D eigenvalue weighted by Gasteiger charge is 2.29. The lowest BCUT2D eigenvalue weighted by Crippen LogP contribution is -2.18. The topological polar surface area (TPSA) is 110 Å². The van der Waals surface area contributed by atoms with E-state index < -0.39 is 10.0 Å². The fourth-order valence-electron chi connectivity index (χ4n) is 3.77. The van der Waals surface area contributed by atoms with E-state index in [1.54, 1.807) is 19.1 Å². The van der Waals surface area contributed by atoms with Crippen LogP contribution in [0.5, 0.6) is 5.75 Å². The van der Waals surface area contributed by atoms with Crippen molar-refractivity contribution in [3.05, 3.63) is 35.9 Å². The van der Waals surface area contributed by atoms with E-state index in [1.165, 1.54) is 0 Å². The van der Waals surface area contributed by atoms with Crippen molar-refractivity contribution in [3.63, 3.8) is 0 Å². The molecule has 162 valence electrons. The number of hydrogen-bond donors (Lipinski definition) is 1. The molecule has 0 amide bonds. The van der Waals surface area contributed by atoms with E-state index in [9.17, 15) is 13.7 Å². The van der Waals surface area contributed by atoms with Gasteiger partial charge in [0.25, 0.3) is 0 Å². The maximum Gasteiger partial charge on any atom is 0.233 e. The lowest BCUT2D eigenvalue weighted by atomic mass is 9.92. The summed E-state index contributed by atoms with van der Waals surface area (Å²) in [5.74, 6) is 0.862. The van der Waals surface area contributed by atoms with Crippen molar-refractivity contribution in [2.24, 2.45) is 0 Å². The number of anilines is 1. The minimum absolute atomic E-state index is 0.0461. The highest BCUT2D eigenvalue weighted by molar-refractivity contribution is 7.92. The Morgan fingerprint density at radius 3 is 2.58 bits per heavy atom. The lowest BCUT2D eigenvalue weighted by molar-refractivity contribution is 0.242. The van der Waals surface area contributed by atoms with Gasteiger partial charge >= 0.3 is 0 Å². The van der Waals surface area contributed by atoms with Crippen molar-refractivity contribution in [3.8, 4) is 23.2 Å². The van der Waals surface area contributed by atoms with Crippen LogP contribution in [0.15, 0.2) is 30.3 Å². The highest BCUT2D eigenvalue weighted by Crippen LogP contribution is 2.42. The van der Waals surface area contributed by atoms with Gasteiger partial charge < -0.3 is 9.30 Å². The van der Waals surface area contributed by atoms with Gasteiger partial charge in [-0.2, -0.15) is 5.26 Å². The molecular weight excluding hydrogens is 414 g/mol. The SMILES string of the molecule is CCS(=O)(=O)Nc1ccc(-c2c(C#N)c3ccc(OC(C)C)cc3n2C2CCC2)nn1. The van der Waals surface area contributed by atoms with E-state index in [2.05, 4.69) is 25.6 Å². The Labute approximate surface area is 181 Å². The molecule has 4 rings (SSSR count). The van der Waals surface area contributed by atoms with Gasteiger partial charge in [0.1, 0.15) is 17.5 Å². The first-order chi connectivity index (χ1) is 14.8. The first-order valence-electron chi connectivity index (χ1n) is 10.4. The third-order valence-electron chi connectivity index (χ3n) is 5.45. The van der Waals surface area contributed by atoms with Crippen LogP contribution in [0, 0.1) is 11.3 Å². The van der Waals surface area contributed by atoms with Crippen LogP contribution in [0.3, 0.4) is 0 Å². The largest absolute Gasteiger partial charge is 0.491 e. The molecule has 9 heteroatoms. The Morgan fingerprint density at radius 1 is 1.26 bits per heavy atom. The van der Waals surface area contributed by atoms with E-state index in [4.69, 9.17) is 4.74 Å². The fourth-order valence-corrected chi connectivity index (χ4v) is 4.34. The number of sulfonamides is 1. The molecule has 1 N–H and O–H groups in total. The van der Waals surface area contributed by atoms with Crippen LogP contribution in [0.1, 0.15) is 51.6 Å². The number of nitriles is 1. The molecule has 0 atom stereocenters. The van der Waals surface area contributed by atoms with Gasteiger partial charge in [-0.05, 0) is 64.3 Å². The summed E-state index contributed by atoms with van der Waals surface area (Å²) in [5, 5.41) is 19.1. The number of fused-ring (bicyclic) bond motifs is 1. The van der Waals surface area contributed by atoms with Crippen LogP contribution in [-0.2, 0) is 10.0 Å². The van der Waals surface area contributed by atoms with E-state index >= 15 is 0 Å². The Balaban J connectivity index is 1.85. The zero-order valence-corrected chi connectivity index (χ0v) is 18.6. The van der Waals surface area contributed by atoms with Crippen LogP contribution in [0.4, 0.5) is 5.82 Å². The monoisotopic (exact) mass is 439 g/mol. The predicted molar refractivity (Wildman–Crippen MR) is 119 cm³/mol. The van der Waals surface area contributed by atoms with E-state index in [1.807, 2.05) is 32.0 Å². The van der Waals surface area contributed by atoms with E-state index in [0.717, 1.165) is 35.9 Å². The molecule has 8 nitrogen and oxygen atoms in total. The van der Waals surface area contributed by atoms with Crippen molar-refractivity contribution >= 4 is 26.7 Å². The molecule has 0 aliphatic heterocycles. The fraction of sp³-hybridized carbons (Fsp3) is 0.409. The standard InChI is InChI=1S/C22H25N5O3S/c1-4-31(28,29)26-21-11-10-19(24-25-21)22-18(13-23)17-9-8-16(30-14(2)3)12-20(17)27(22)15-6-5-7-15/h8-12,14-15H,4-7H2,1-3H3,(H,25,26). The van der Waals surface area contributed by atoms with Crippen molar-refractivity contribution < 1.29 is 13.2 Å². The second kappa shape index (κ2) is 8.19. The van der Waals surface area contributed by atoms with Crippen LogP contribution in [0.2, 0.25) is 0 Å². The van der Waals surface area contributed by atoms with Gasteiger partial charge in [-0.15, -0.1) is 10.2 Å². The summed E-state index contributed by atoms with van der Waals surface area (Å²) >= 11 is 0. The van der Waals surface area contributed by atoms with Crippen molar-refractivity contribution in [1.29, 1.82) is 5.26 Å². The average Bonchev–Trinajstić information content (AvgIpc) is 3.00. The second-order valence-corrected chi connectivity index (χ2v) is 9.96. The van der Waals surface area contributed by atoms with Gasteiger partial charge in [0, 0.05) is 17.5 Å². The molecule has 0 bridgehead atoms. The summed E-state index contributed by atoms with van der Waals surface area (Å²) < 4.78 is 34.1. The summed E-state index contributed by atoms with van der Waals surface area (Å²) in [7, 11) is -3.44. The summed E-state index contributed by atoms with van der Waals surface area (Å²) in [6, 6.07) is 11.7. The Kier molecular flexibility index (Phi) is 5.58. The van der Waals surface area contributed by atoms with Gasteiger partial charge in [-0.25, -0.2) is 8.42 Å². The zero-order chi connectivity index (χ0) is 22.2. The molecule has 1 fully saturated rings. The molecule has 1 aliphatic rings. The summed E-state index contributed by atoms with van der Waals surface area (Å²) in [5.41, 5.74) is 2.72. The summed E-state index contributed by atoms with van der Waals surface area (Å²) in [4.78, 5) is 0. The second-order valence-electron chi connectivity index (χ2n) is 7.95. The molecule has 0 radical (unpaired) electrons. The number of benzene rings is 1. The zero-order valence-electron chi connectivity index (χ0n) is 17.8. The molecule has 31 heavy (non-hydrogen) atoms. The van der Waals surface area contributed by atoms with Crippen LogP contribution in [0.25, 0.3) is 22.3 Å². The van der Waals surface area contributed by atoms with Crippen LogP contribution < -0.4 is 9.46 Å². The number of ether oxygens (including phenoxy) is 1. The molecule has 1 saturated carbocycles. The molecule has 1 aliphatic carbocycles. The highest BCUT2D eigenvalue weighted by atomic mass is 32.2. The third kappa shape index (κ3) is 4.08. The molecule has 0 unspecified atom stereocenters. The smallest absolute Gasteiger partial charge is 0.233 e. The lowest BCUT2D eigenvalue weighted by Gasteiger charge is -2.30. The maximum absolute atomic E-state index is 11.8. The number of rotatable bonds is 7. The van der Waals surface area contributed by atoms with Crippen molar-refractivity contribution in [1.82, 2.24) is 14.8 Å². The molecule has 2 heterocycles. The van der Waals surface area contributed by atoms with E-state index in [-0.39, 0.29) is 23.7 Å². The van der Waals surface area contributed by atoms with E-state index in [0.29, 0.717) is 17.0 Å². The molecule has 0 spiro atoms. The first-order valence-corrected chi connectivity index (χ1v) is 12.1. The van der Waals surface area contributed by atoms with Gasteiger partial charge in [0.05, 0.1) is 28.6 Å². The molecule has 1 aromatic carbocycles. The number of nitrogens with one attached hydrogen (secondary N) is 1. The Bertz CT molecular complexity index is 1250. The third-order valence-corrected chi connectivity index (χ3v) is 6.73. The number of aromatic nitrogens is 3. The molecule has 3 aromatic rings. The normalized spacial score (nSPS) is 14.4. The quantitative estimate of drug-likeness (QED) is 0.589. The number of nitrogens with zero attached hydrogens (tertiary/aromatic N) is 4. The average molecular weight is 440 g/mol. The van der Waals surface area contributed by atoms with Gasteiger partial charge in [0.2, 0.25) is 10.0 Å². The van der Waals surface area contributed by atoms with Crippen LogP contribution >= 0.6 is 0 Å². The van der Waals surface area contributed by atoms with Crippen LogP contribution in [-0.4, -0.2) is 35.0 Å². The Hall–Kier alpha value is -3.12. The van der Waals surface area contributed by atoms with Gasteiger partial charge in [-0.1, -0.05) is 0 Å². The number of hydrogen-bond acceptors (Lipinski definition) is 6.